The van der Waals surface area contributed by atoms with E-state index in [2.05, 4.69) is 24.4 Å². The Hall–Kier alpha value is -0.870. The van der Waals surface area contributed by atoms with Crippen molar-refractivity contribution in [1.82, 2.24) is 5.32 Å². The van der Waals surface area contributed by atoms with Gasteiger partial charge in [-0.2, -0.15) is 0 Å². The highest BCUT2D eigenvalue weighted by Crippen LogP contribution is 2.27. The highest BCUT2D eigenvalue weighted by molar-refractivity contribution is 7.92. The van der Waals surface area contributed by atoms with Crippen LogP contribution in [0.25, 0.3) is 0 Å². The fourth-order valence-corrected chi connectivity index (χ4v) is 4.65. The number of nitrogens with one attached hydrogen (secondary N) is 1. The van der Waals surface area contributed by atoms with E-state index in [9.17, 15) is 8.42 Å². The molecule has 0 saturated carbocycles. The average molecular weight is 311 g/mol. The lowest BCUT2D eigenvalue weighted by molar-refractivity contribution is 0.502. The minimum absolute atomic E-state index is 0.123. The average Bonchev–Trinajstić information content (AvgIpc) is 2.47. The predicted molar refractivity (Wildman–Crippen MR) is 90.3 cm³/mol. The van der Waals surface area contributed by atoms with Crippen LogP contribution in [0.1, 0.15) is 51.8 Å². The number of hydrogen-bond donors (Lipinski definition) is 1. The van der Waals surface area contributed by atoms with E-state index in [4.69, 9.17) is 0 Å². The molecule has 3 atom stereocenters. The summed E-state index contributed by atoms with van der Waals surface area (Å²) in [6, 6.07) is 8.04. The van der Waals surface area contributed by atoms with Crippen LogP contribution in [0.5, 0.6) is 0 Å². The van der Waals surface area contributed by atoms with E-state index in [0.717, 1.165) is 12.0 Å². The van der Waals surface area contributed by atoms with Crippen molar-refractivity contribution in [3.63, 3.8) is 0 Å². The van der Waals surface area contributed by atoms with Crippen LogP contribution in [-0.4, -0.2) is 26.0 Å². The molecule has 0 aromatic heterocycles. The molecule has 0 spiro atoms. The van der Waals surface area contributed by atoms with Gasteiger partial charge in [0, 0.05) is 6.04 Å². The summed E-state index contributed by atoms with van der Waals surface area (Å²) in [5.74, 6) is 0.123. The second-order valence-electron chi connectivity index (χ2n) is 6.10. The fourth-order valence-electron chi connectivity index (χ4n) is 2.54. The van der Waals surface area contributed by atoms with E-state index in [1.807, 2.05) is 46.9 Å². The second-order valence-corrected chi connectivity index (χ2v) is 8.77. The maximum Gasteiger partial charge on any atom is 0.157 e. The molecular weight excluding hydrogens is 282 g/mol. The molecule has 0 radical (unpaired) electrons. The van der Waals surface area contributed by atoms with Gasteiger partial charge in [0.1, 0.15) is 0 Å². The van der Waals surface area contributed by atoms with E-state index < -0.39 is 15.1 Å². The summed E-state index contributed by atoms with van der Waals surface area (Å²) >= 11 is 0. The number of aryl methyl sites for hydroxylation is 1. The Morgan fingerprint density at radius 3 is 1.90 bits per heavy atom. The topological polar surface area (TPSA) is 46.2 Å². The third-order valence-electron chi connectivity index (χ3n) is 4.50. The van der Waals surface area contributed by atoms with E-state index >= 15 is 0 Å². The molecule has 120 valence electrons. The molecule has 0 saturated heterocycles. The van der Waals surface area contributed by atoms with Crippen LogP contribution in [-0.2, 0) is 16.3 Å². The maximum absolute atomic E-state index is 12.7. The molecule has 0 amide bonds. The monoisotopic (exact) mass is 311 g/mol. The highest BCUT2D eigenvalue weighted by Gasteiger charge is 2.35. The summed E-state index contributed by atoms with van der Waals surface area (Å²) in [6.07, 6.45) is 0.989. The van der Waals surface area contributed by atoms with Crippen LogP contribution in [0, 0.1) is 5.92 Å². The Labute approximate surface area is 130 Å². The second kappa shape index (κ2) is 7.41. The lowest BCUT2D eigenvalue weighted by Crippen LogP contribution is -2.39. The molecule has 0 fully saturated rings. The zero-order chi connectivity index (χ0) is 16.2. The van der Waals surface area contributed by atoms with Crippen molar-refractivity contribution in [2.75, 3.05) is 7.05 Å². The molecule has 21 heavy (non-hydrogen) atoms. The van der Waals surface area contributed by atoms with Crippen molar-refractivity contribution in [2.24, 2.45) is 5.92 Å². The first-order valence-electron chi connectivity index (χ1n) is 7.74. The molecule has 0 bridgehead atoms. The van der Waals surface area contributed by atoms with Gasteiger partial charge in [0.25, 0.3) is 0 Å². The first kappa shape index (κ1) is 18.2. The summed E-state index contributed by atoms with van der Waals surface area (Å²) in [7, 11) is -1.35. The van der Waals surface area contributed by atoms with Crippen molar-refractivity contribution in [3.8, 4) is 0 Å². The van der Waals surface area contributed by atoms with E-state index in [0.29, 0.717) is 0 Å². The van der Waals surface area contributed by atoms with E-state index in [1.165, 1.54) is 5.56 Å². The summed E-state index contributed by atoms with van der Waals surface area (Å²) in [5.41, 5.74) is 2.29. The van der Waals surface area contributed by atoms with Gasteiger partial charge in [-0.25, -0.2) is 8.42 Å². The molecule has 1 rings (SSSR count). The van der Waals surface area contributed by atoms with Gasteiger partial charge in [0.2, 0.25) is 0 Å². The van der Waals surface area contributed by atoms with Gasteiger partial charge in [-0.15, -0.1) is 0 Å². The number of hydrogen-bond acceptors (Lipinski definition) is 3. The van der Waals surface area contributed by atoms with Crippen LogP contribution >= 0.6 is 0 Å². The van der Waals surface area contributed by atoms with Crippen LogP contribution in [0.4, 0.5) is 0 Å². The quantitative estimate of drug-likeness (QED) is 0.840. The molecular formula is C17H29NO2S. The van der Waals surface area contributed by atoms with Crippen molar-refractivity contribution < 1.29 is 8.42 Å². The van der Waals surface area contributed by atoms with E-state index in [-0.39, 0.29) is 17.2 Å². The summed E-state index contributed by atoms with van der Waals surface area (Å²) in [4.78, 5) is 0. The van der Waals surface area contributed by atoms with Gasteiger partial charge in [-0.1, -0.05) is 45.0 Å². The van der Waals surface area contributed by atoms with Crippen LogP contribution < -0.4 is 5.32 Å². The predicted octanol–water partition coefficient (Wildman–Crippen LogP) is 3.36. The number of sulfone groups is 1. The standard InChI is InChI=1S/C17H29NO2S/c1-7-15-8-10-16(11-9-15)17(18-6)14(5)21(19,20)13(4)12(2)3/h8-14,17-18H,7H2,1-6H3. The minimum atomic E-state index is -3.18. The summed E-state index contributed by atoms with van der Waals surface area (Å²) < 4.78 is 25.5. The lowest BCUT2D eigenvalue weighted by Gasteiger charge is -2.28. The lowest BCUT2D eigenvalue weighted by atomic mass is 10.0. The molecule has 3 unspecified atom stereocenters. The molecule has 1 aromatic rings. The fraction of sp³-hybridized carbons (Fsp3) is 0.647. The third kappa shape index (κ3) is 4.07. The SMILES string of the molecule is CCc1ccc(C(NC)C(C)S(=O)(=O)C(C)C(C)C)cc1. The van der Waals surface area contributed by atoms with Crippen molar-refractivity contribution in [3.05, 3.63) is 35.4 Å². The molecule has 1 aromatic carbocycles. The molecule has 3 nitrogen and oxygen atoms in total. The first-order chi connectivity index (χ1) is 9.75. The smallest absolute Gasteiger partial charge is 0.157 e. The Bertz CT molecular complexity index is 534. The Balaban J connectivity index is 3.08. The molecule has 0 aliphatic heterocycles. The zero-order valence-electron chi connectivity index (χ0n) is 14.1. The first-order valence-corrected chi connectivity index (χ1v) is 9.35. The Morgan fingerprint density at radius 2 is 1.52 bits per heavy atom. The third-order valence-corrected chi connectivity index (χ3v) is 7.39. The number of benzene rings is 1. The van der Waals surface area contributed by atoms with Crippen molar-refractivity contribution >= 4 is 9.84 Å². The van der Waals surface area contributed by atoms with Gasteiger partial charge in [0.05, 0.1) is 10.5 Å². The van der Waals surface area contributed by atoms with Gasteiger partial charge in [0.15, 0.2) is 9.84 Å². The van der Waals surface area contributed by atoms with Crippen LogP contribution in [0.15, 0.2) is 24.3 Å². The maximum atomic E-state index is 12.7. The Morgan fingerprint density at radius 1 is 1.00 bits per heavy atom. The molecule has 0 aliphatic carbocycles. The van der Waals surface area contributed by atoms with Gasteiger partial charge < -0.3 is 5.32 Å². The molecule has 0 heterocycles. The molecule has 4 heteroatoms. The molecule has 0 aliphatic rings. The molecule has 1 N–H and O–H groups in total. The van der Waals surface area contributed by atoms with Crippen LogP contribution in [0.3, 0.4) is 0 Å². The van der Waals surface area contributed by atoms with Gasteiger partial charge >= 0.3 is 0 Å². The highest BCUT2D eigenvalue weighted by atomic mass is 32.2. The minimum Gasteiger partial charge on any atom is -0.312 e. The summed E-state index contributed by atoms with van der Waals surface area (Å²) in [6.45, 7) is 9.65. The summed E-state index contributed by atoms with van der Waals surface area (Å²) in [5, 5.41) is 2.39. The van der Waals surface area contributed by atoms with Crippen molar-refractivity contribution in [2.45, 2.75) is 57.6 Å². The normalized spacial score (nSPS) is 16.7. The van der Waals surface area contributed by atoms with Gasteiger partial charge in [-0.05, 0) is 44.4 Å². The number of rotatable bonds is 7. The van der Waals surface area contributed by atoms with E-state index in [1.54, 1.807) is 0 Å². The van der Waals surface area contributed by atoms with Crippen LogP contribution in [0.2, 0.25) is 0 Å². The van der Waals surface area contributed by atoms with Gasteiger partial charge in [-0.3, -0.25) is 0 Å². The van der Waals surface area contributed by atoms with Crippen molar-refractivity contribution in [1.29, 1.82) is 0 Å². The zero-order valence-corrected chi connectivity index (χ0v) is 14.9. The largest absolute Gasteiger partial charge is 0.312 e. The Kier molecular flexibility index (Phi) is 6.41.